The van der Waals surface area contributed by atoms with Crippen LogP contribution in [-0.4, -0.2) is 15.3 Å². The summed E-state index contributed by atoms with van der Waals surface area (Å²) in [6.07, 6.45) is 1.01. The normalized spacial score (nSPS) is 17.9. The molecule has 3 heterocycles. The molecule has 0 fully saturated rings. The van der Waals surface area contributed by atoms with Gasteiger partial charge in [-0.15, -0.1) is 0 Å². The molecule has 3 nitrogen and oxygen atoms in total. The Hall–Kier alpha value is -8.22. The maximum absolute atomic E-state index is 16.5. The van der Waals surface area contributed by atoms with Gasteiger partial charge in [-0.05, 0) is 108 Å². The van der Waals surface area contributed by atoms with Gasteiger partial charge in [0.25, 0.3) is 0 Å². The molecule has 68 heavy (non-hydrogen) atoms. The molecule has 0 aliphatic heterocycles. The number of nitrogens with zero attached hydrogens (tertiary/aromatic N) is 3. The molecule has 0 atom stereocenters. The Labute approximate surface area is 384 Å². The van der Waals surface area contributed by atoms with Crippen molar-refractivity contribution in [2.75, 3.05) is 0 Å². The van der Waals surface area contributed by atoms with Crippen LogP contribution in [0.2, 0.25) is 0 Å². The largest absolute Gasteiger partial charge is 0.382 e. The molecule has 3 aromatic heterocycles. The third-order valence-corrected chi connectivity index (χ3v) is 14.8. The van der Waals surface area contributed by atoms with E-state index in [-0.39, 0.29) is 22.7 Å². The molecule has 0 radical (unpaired) electrons. The fourth-order valence-corrected chi connectivity index (χ4v) is 12.1. The molecule has 0 amide bonds. The number of nitriles is 1. The average Bonchev–Trinajstić information content (AvgIpc) is 3.93. The number of halogens is 6. The lowest BCUT2D eigenvalue weighted by Gasteiger charge is -2.43. The summed E-state index contributed by atoms with van der Waals surface area (Å²) in [6, 6.07) is 58.0. The van der Waals surface area contributed by atoms with E-state index in [1.165, 1.54) is 0 Å². The van der Waals surface area contributed by atoms with Gasteiger partial charge in [-0.2, -0.15) is 31.6 Å². The molecule has 4 aliphatic carbocycles. The van der Waals surface area contributed by atoms with Crippen LogP contribution in [0.4, 0.5) is 26.3 Å². The van der Waals surface area contributed by atoms with Crippen LogP contribution in [0.5, 0.6) is 0 Å². The SMILES string of the molecule is N#Cc1cc2c(c3c1C1c4ccccc4C3c3ccccc31)c1cc(-c3c(-c4ccccc4)cc(-c4ccccc4)cc3-c3ccccc3)cc3c4c5c(ncc4n2c13)C(F)(F)C(F)(F)C5(F)F. The molecular formula is C59H31F6N3. The topological polar surface area (TPSA) is 41.1 Å². The quantitative estimate of drug-likeness (QED) is 0.165. The van der Waals surface area contributed by atoms with E-state index in [0.717, 1.165) is 83.9 Å². The van der Waals surface area contributed by atoms with Gasteiger partial charge in [0, 0.05) is 33.4 Å². The van der Waals surface area contributed by atoms with Gasteiger partial charge in [0.05, 0.1) is 39.9 Å². The van der Waals surface area contributed by atoms with Crippen LogP contribution in [-0.2, 0) is 11.8 Å². The van der Waals surface area contributed by atoms with Crippen LogP contribution >= 0.6 is 0 Å². The standard InChI is InChI=1S/C59H31F6N3/c60-57(61)54-52-44-27-35(47-41(32-16-6-2-7-17-32)24-34(31-14-4-1-5-15-31)25-42(47)33-18-8-3-9-19-33)26-43-51-45(68(55(43)44)46(52)30-67-56(54)58(62,63)59(57,64)65)28-36(29-66)48-49-37-20-10-12-22-39(37)50(53(48)51)40-23-13-11-21-38(40)49/h1-28,30,49-50H. The molecule has 2 bridgehead atoms. The summed E-state index contributed by atoms with van der Waals surface area (Å²) in [5.41, 5.74) is 10.6. The first-order chi connectivity index (χ1) is 33.0. The van der Waals surface area contributed by atoms with Crippen molar-refractivity contribution in [3.8, 4) is 50.6 Å². The summed E-state index contributed by atoms with van der Waals surface area (Å²) in [6.45, 7) is 0. The third kappa shape index (κ3) is 4.71. The van der Waals surface area contributed by atoms with E-state index in [9.17, 15) is 5.26 Å². The molecular weight excluding hydrogens is 865 g/mol. The Morgan fingerprint density at radius 1 is 0.485 bits per heavy atom. The van der Waals surface area contributed by atoms with Gasteiger partial charge in [-0.25, -0.2) is 0 Å². The van der Waals surface area contributed by atoms with Gasteiger partial charge < -0.3 is 4.40 Å². The molecule has 9 heteroatoms. The monoisotopic (exact) mass is 895 g/mol. The van der Waals surface area contributed by atoms with E-state index >= 15 is 26.3 Å². The number of aromatic nitrogens is 2. The van der Waals surface area contributed by atoms with Crippen molar-refractivity contribution in [1.82, 2.24) is 9.38 Å². The first-order valence-electron chi connectivity index (χ1n) is 22.3. The van der Waals surface area contributed by atoms with Crippen molar-refractivity contribution in [2.45, 2.75) is 29.6 Å². The maximum atomic E-state index is 16.5. The minimum Gasteiger partial charge on any atom is -0.306 e. The first-order valence-corrected chi connectivity index (χ1v) is 22.3. The second-order valence-corrected chi connectivity index (χ2v) is 18.1. The zero-order valence-electron chi connectivity index (χ0n) is 35.5. The van der Waals surface area contributed by atoms with Gasteiger partial charge in [-0.3, -0.25) is 4.98 Å². The number of alkyl halides is 6. The Morgan fingerprint density at radius 3 is 1.50 bits per heavy atom. The third-order valence-electron chi connectivity index (χ3n) is 14.8. The molecule has 4 aliphatic rings. The molecule has 15 rings (SSSR count). The summed E-state index contributed by atoms with van der Waals surface area (Å²) in [7, 11) is 0. The van der Waals surface area contributed by atoms with Crippen LogP contribution in [0.3, 0.4) is 0 Å². The number of rotatable bonds is 4. The zero-order chi connectivity index (χ0) is 46.0. The van der Waals surface area contributed by atoms with E-state index in [1.807, 2.05) is 121 Å². The van der Waals surface area contributed by atoms with E-state index in [4.69, 9.17) is 0 Å². The number of benzene rings is 8. The second kappa shape index (κ2) is 13.2. The van der Waals surface area contributed by atoms with Gasteiger partial charge in [0.15, 0.2) is 0 Å². The predicted molar refractivity (Wildman–Crippen MR) is 253 cm³/mol. The summed E-state index contributed by atoms with van der Waals surface area (Å²) in [5.74, 6) is -17.0. The van der Waals surface area contributed by atoms with Crippen molar-refractivity contribution in [2.24, 2.45) is 0 Å². The number of pyridine rings is 1. The van der Waals surface area contributed by atoms with E-state index in [2.05, 4.69) is 47.5 Å². The van der Waals surface area contributed by atoms with Crippen molar-refractivity contribution in [3.63, 3.8) is 0 Å². The fraction of sp³-hybridized carbons (Fsp3) is 0.0847. The summed E-state index contributed by atoms with van der Waals surface area (Å²) < 4.78 is 97.4. The average molecular weight is 896 g/mol. The Morgan fingerprint density at radius 2 is 0.971 bits per heavy atom. The van der Waals surface area contributed by atoms with Crippen LogP contribution in [0.1, 0.15) is 62.0 Å². The molecule has 0 spiro atoms. The minimum absolute atomic E-state index is 0.0410. The molecule has 0 saturated carbocycles. The molecule has 11 aromatic rings. The number of hydrogen-bond acceptors (Lipinski definition) is 2. The number of hydrogen-bond donors (Lipinski definition) is 0. The summed E-state index contributed by atoms with van der Waals surface area (Å²) >= 11 is 0. The Kier molecular flexibility index (Phi) is 7.59. The Bertz CT molecular complexity index is 3910. The van der Waals surface area contributed by atoms with Crippen molar-refractivity contribution >= 4 is 38.1 Å². The molecule has 0 unspecified atom stereocenters. The highest BCUT2D eigenvalue weighted by molar-refractivity contribution is 6.27. The van der Waals surface area contributed by atoms with Gasteiger partial charge >= 0.3 is 17.8 Å². The van der Waals surface area contributed by atoms with Gasteiger partial charge in [0.1, 0.15) is 5.69 Å². The zero-order valence-corrected chi connectivity index (χ0v) is 35.5. The Balaban J connectivity index is 1.21. The fourth-order valence-electron chi connectivity index (χ4n) is 12.1. The highest BCUT2D eigenvalue weighted by Gasteiger charge is 2.80. The van der Waals surface area contributed by atoms with E-state index in [0.29, 0.717) is 27.5 Å². The molecule has 324 valence electrons. The van der Waals surface area contributed by atoms with Crippen LogP contribution < -0.4 is 0 Å². The smallest absolute Gasteiger partial charge is 0.306 e. The highest BCUT2D eigenvalue weighted by Crippen LogP contribution is 2.65. The highest BCUT2D eigenvalue weighted by atomic mass is 19.3. The molecule has 8 aromatic carbocycles. The number of fused-ring (bicyclic) bond motifs is 8. The lowest BCUT2D eigenvalue weighted by atomic mass is 9.59. The summed E-state index contributed by atoms with van der Waals surface area (Å²) in [5, 5.41) is 12.1. The van der Waals surface area contributed by atoms with Crippen molar-refractivity contribution < 1.29 is 26.3 Å². The molecule has 0 N–H and O–H groups in total. The van der Waals surface area contributed by atoms with Crippen molar-refractivity contribution in [1.29, 1.82) is 5.26 Å². The predicted octanol–water partition coefficient (Wildman–Crippen LogP) is 15.6. The van der Waals surface area contributed by atoms with Gasteiger partial charge in [0.2, 0.25) is 0 Å². The van der Waals surface area contributed by atoms with E-state index in [1.54, 1.807) is 16.5 Å². The van der Waals surface area contributed by atoms with Crippen LogP contribution in [0, 0.1) is 11.3 Å². The maximum Gasteiger partial charge on any atom is 0.382 e. The van der Waals surface area contributed by atoms with Crippen molar-refractivity contribution in [3.05, 3.63) is 226 Å². The molecule has 0 saturated heterocycles. The first kappa shape index (κ1) is 39.0. The minimum atomic E-state index is -5.76. The van der Waals surface area contributed by atoms with E-state index < -0.39 is 34.4 Å². The summed E-state index contributed by atoms with van der Waals surface area (Å²) in [4.78, 5) is 3.79. The lowest BCUT2D eigenvalue weighted by molar-refractivity contribution is -0.302. The van der Waals surface area contributed by atoms with Gasteiger partial charge in [-0.1, -0.05) is 140 Å². The van der Waals surface area contributed by atoms with Crippen LogP contribution in [0.25, 0.3) is 82.6 Å². The van der Waals surface area contributed by atoms with Crippen LogP contribution in [0.15, 0.2) is 176 Å². The lowest BCUT2D eigenvalue weighted by Crippen LogP contribution is -2.43. The second-order valence-electron chi connectivity index (χ2n) is 18.1.